The van der Waals surface area contributed by atoms with E-state index in [-0.39, 0.29) is 5.91 Å². The van der Waals surface area contributed by atoms with Gasteiger partial charge in [-0.15, -0.1) is 0 Å². The van der Waals surface area contributed by atoms with Crippen molar-refractivity contribution in [2.75, 3.05) is 20.1 Å². The average Bonchev–Trinajstić information content (AvgIpc) is 3.03. The van der Waals surface area contributed by atoms with Crippen molar-refractivity contribution < 1.29 is 13.9 Å². The Labute approximate surface area is 129 Å². The summed E-state index contributed by atoms with van der Waals surface area (Å²) in [4.78, 5) is 14.3. The minimum absolute atomic E-state index is 0.0807. The van der Waals surface area contributed by atoms with Crippen LogP contribution in [0.3, 0.4) is 0 Å². The van der Waals surface area contributed by atoms with Crippen LogP contribution < -0.4 is 10.1 Å². The van der Waals surface area contributed by atoms with E-state index in [1.54, 1.807) is 12.1 Å². The first kappa shape index (κ1) is 14.7. The Bertz CT molecular complexity index is 624. The number of nitrogens with one attached hydrogen (secondary N) is 1. The lowest BCUT2D eigenvalue weighted by atomic mass is 10.1. The molecule has 1 saturated heterocycles. The van der Waals surface area contributed by atoms with Gasteiger partial charge in [-0.25, -0.2) is 0 Å². The van der Waals surface area contributed by atoms with Crippen molar-refractivity contribution in [1.29, 1.82) is 0 Å². The van der Waals surface area contributed by atoms with Crippen LogP contribution in [-0.4, -0.2) is 37.0 Å². The number of furan rings is 1. The normalized spacial score (nSPS) is 18.2. The Morgan fingerprint density at radius 2 is 2.09 bits per heavy atom. The molecule has 1 aromatic heterocycles. The van der Waals surface area contributed by atoms with Crippen molar-refractivity contribution >= 4 is 5.91 Å². The Hall–Kier alpha value is -2.27. The summed E-state index contributed by atoms with van der Waals surface area (Å²) in [5, 5.41) is 3.23. The van der Waals surface area contributed by atoms with Gasteiger partial charge in [0.1, 0.15) is 5.75 Å². The number of rotatable bonds is 4. The zero-order valence-electron chi connectivity index (χ0n) is 12.6. The summed E-state index contributed by atoms with van der Waals surface area (Å²) >= 11 is 0. The number of amides is 1. The van der Waals surface area contributed by atoms with Crippen LogP contribution in [-0.2, 0) is 0 Å². The molecule has 2 heterocycles. The average molecular weight is 300 g/mol. The molecule has 5 heteroatoms. The number of benzene rings is 1. The topological polar surface area (TPSA) is 54.7 Å². The van der Waals surface area contributed by atoms with E-state index < -0.39 is 0 Å². The molecule has 1 fully saturated rings. The molecule has 1 aromatic carbocycles. The molecule has 1 aliphatic heterocycles. The standard InChI is InChI=1S/C17H20N2O3/c1-18-13-6-5-11-19(12-13)17(20)15-9-10-16(22-15)21-14-7-3-2-4-8-14/h2-4,7-10,13,18H,5-6,11-12H2,1H3. The smallest absolute Gasteiger partial charge is 0.290 e. The molecule has 1 aliphatic rings. The van der Waals surface area contributed by atoms with E-state index in [0.717, 1.165) is 19.4 Å². The highest BCUT2D eigenvalue weighted by atomic mass is 16.6. The van der Waals surface area contributed by atoms with Gasteiger partial charge < -0.3 is 19.4 Å². The van der Waals surface area contributed by atoms with E-state index in [4.69, 9.17) is 9.15 Å². The largest absolute Gasteiger partial charge is 0.426 e. The van der Waals surface area contributed by atoms with Crippen LogP contribution in [0.1, 0.15) is 23.4 Å². The van der Waals surface area contributed by atoms with Gasteiger partial charge in [0, 0.05) is 25.2 Å². The Morgan fingerprint density at radius 1 is 1.27 bits per heavy atom. The molecule has 0 saturated carbocycles. The van der Waals surface area contributed by atoms with Crippen molar-refractivity contribution in [3.63, 3.8) is 0 Å². The molecule has 0 aliphatic carbocycles. The molecule has 1 N–H and O–H groups in total. The van der Waals surface area contributed by atoms with Crippen molar-refractivity contribution in [3.8, 4) is 11.7 Å². The number of ether oxygens (including phenoxy) is 1. The van der Waals surface area contributed by atoms with E-state index >= 15 is 0 Å². The number of para-hydroxylation sites is 1. The maximum Gasteiger partial charge on any atom is 0.290 e. The van der Waals surface area contributed by atoms with E-state index in [9.17, 15) is 4.79 Å². The fraction of sp³-hybridized carbons (Fsp3) is 0.353. The third-order valence-electron chi connectivity index (χ3n) is 3.87. The van der Waals surface area contributed by atoms with Crippen LogP contribution in [0.5, 0.6) is 11.7 Å². The maximum absolute atomic E-state index is 12.5. The molecule has 3 rings (SSSR count). The number of carbonyl (C=O) groups excluding carboxylic acids is 1. The highest BCUT2D eigenvalue weighted by molar-refractivity contribution is 5.91. The van der Waals surface area contributed by atoms with Gasteiger partial charge in [-0.1, -0.05) is 18.2 Å². The molecule has 1 amide bonds. The molecule has 0 spiro atoms. The van der Waals surface area contributed by atoms with Gasteiger partial charge in [-0.2, -0.15) is 0 Å². The first-order valence-corrected chi connectivity index (χ1v) is 7.55. The van der Waals surface area contributed by atoms with Gasteiger partial charge in [0.2, 0.25) is 0 Å². The molecule has 5 nitrogen and oxygen atoms in total. The number of likely N-dealkylation sites (N-methyl/N-ethyl adjacent to an activating group) is 1. The lowest BCUT2D eigenvalue weighted by Gasteiger charge is -2.31. The summed E-state index contributed by atoms with van der Waals surface area (Å²) in [7, 11) is 1.93. The molecular weight excluding hydrogens is 280 g/mol. The zero-order valence-corrected chi connectivity index (χ0v) is 12.6. The van der Waals surface area contributed by atoms with Gasteiger partial charge in [-0.05, 0) is 38.1 Å². The molecule has 0 radical (unpaired) electrons. The van der Waals surface area contributed by atoms with Crippen LogP contribution in [0.2, 0.25) is 0 Å². The minimum atomic E-state index is -0.0807. The van der Waals surface area contributed by atoms with Gasteiger partial charge in [0.25, 0.3) is 11.9 Å². The molecule has 2 aromatic rings. The third-order valence-corrected chi connectivity index (χ3v) is 3.87. The predicted molar refractivity (Wildman–Crippen MR) is 83.2 cm³/mol. The second kappa shape index (κ2) is 6.66. The van der Waals surface area contributed by atoms with Crippen molar-refractivity contribution in [2.45, 2.75) is 18.9 Å². The number of carbonyl (C=O) groups is 1. The number of piperidine rings is 1. The van der Waals surface area contributed by atoms with Crippen molar-refractivity contribution in [3.05, 3.63) is 48.2 Å². The minimum Gasteiger partial charge on any atom is -0.426 e. The van der Waals surface area contributed by atoms with Crippen molar-refractivity contribution in [1.82, 2.24) is 10.2 Å². The first-order chi connectivity index (χ1) is 10.8. The number of nitrogens with zero attached hydrogens (tertiary/aromatic N) is 1. The molecule has 116 valence electrons. The number of likely N-dealkylation sites (tertiary alicyclic amines) is 1. The first-order valence-electron chi connectivity index (χ1n) is 7.55. The van der Waals surface area contributed by atoms with Crippen LogP contribution >= 0.6 is 0 Å². The van der Waals surface area contributed by atoms with E-state index in [1.165, 1.54) is 0 Å². The second-order valence-corrected chi connectivity index (χ2v) is 5.41. The Morgan fingerprint density at radius 3 is 2.86 bits per heavy atom. The van der Waals surface area contributed by atoms with E-state index in [2.05, 4.69) is 5.32 Å². The highest BCUT2D eigenvalue weighted by Crippen LogP contribution is 2.24. The Balaban J connectivity index is 1.66. The van der Waals surface area contributed by atoms with E-state index in [0.29, 0.717) is 30.0 Å². The lowest BCUT2D eigenvalue weighted by Crippen LogP contribution is -2.46. The van der Waals surface area contributed by atoms with Crippen LogP contribution in [0.4, 0.5) is 0 Å². The highest BCUT2D eigenvalue weighted by Gasteiger charge is 2.25. The fourth-order valence-electron chi connectivity index (χ4n) is 2.65. The third kappa shape index (κ3) is 3.31. The van der Waals surface area contributed by atoms with Crippen LogP contribution in [0.15, 0.2) is 46.9 Å². The lowest BCUT2D eigenvalue weighted by molar-refractivity contribution is 0.0661. The summed E-state index contributed by atoms with van der Waals surface area (Å²) in [5.74, 6) is 1.26. The van der Waals surface area contributed by atoms with Crippen LogP contribution in [0, 0.1) is 0 Å². The Kier molecular flexibility index (Phi) is 4.44. The monoisotopic (exact) mass is 300 g/mol. The number of hydrogen-bond donors (Lipinski definition) is 1. The van der Waals surface area contributed by atoms with Crippen molar-refractivity contribution in [2.24, 2.45) is 0 Å². The summed E-state index contributed by atoms with van der Waals surface area (Å²) < 4.78 is 11.1. The summed E-state index contributed by atoms with van der Waals surface area (Å²) in [5.41, 5.74) is 0. The summed E-state index contributed by atoms with van der Waals surface area (Å²) in [6.45, 7) is 1.48. The molecule has 1 unspecified atom stereocenters. The summed E-state index contributed by atoms with van der Waals surface area (Å²) in [6.07, 6.45) is 2.10. The van der Waals surface area contributed by atoms with Gasteiger partial charge in [-0.3, -0.25) is 4.79 Å². The molecule has 0 bridgehead atoms. The fourth-order valence-corrected chi connectivity index (χ4v) is 2.65. The number of hydrogen-bond acceptors (Lipinski definition) is 4. The van der Waals surface area contributed by atoms with E-state index in [1.807, 2.05) is 42.3 Å². The summed E-state index contributed by atoms with van der Waals surface area (Å²) in [6, 6.07) is 13.1. The zero-order chi connectivity index (χ0) is 15.4. The molecular formula is C17H20N2O3. The van der Waals surface area contributed by atoms with Gasteiger partial charge >= 0.3 is 0 Å². The second-order valence-electron chi connectivity index (χ2n) is 5.41. The van der Waals surface area contributed by atoms with Gasteiger partial charge in [0.15, 0.2) is 5.76 Å². The maximum atomic E-state index is 12.5. The quantitative estimate of drug-likeness (QED) is 0.943. The predicted octanol–water partition coefficient (Wildman–Crippen LogP) is 2.90. The molecule has 22 heavy (non-hydrogen) atoms. The molecule has 1 atom stereocenters. The SMILES string of the molecule is CNC1CCCN(C(=O)c2ccc(Oc3ccccc3)o2)C1. The van der Waals surface area contributed by atoms with Gasteiger partial charge in [0.05, 0.1) is 0 Å². The van der Waals surface area contributed by atoms with Crippen LogP contribution in [0.25, 0.3) is 0 Å².